The maximum atomic E-state index is 10.6. The molecule has 0 aromatic carbocycles. The van der Waals surface area contributed by atoms with Gasteiger partial charge in [-0.05, 0) is 26.8 Å². The summed E-state index contributed by atoms with van der Waals surface area (Å²) in [5.41, 5.74) is 8.09. The van der Waals surface area contributed by atoms with Crippen molar-refractivity contribution in [1.82, 2.24) is 10.3 Å². The van der Waals surface area contributed by atoms with Crippen LogP contribution in [0.1, 0.15) is 26.2 Å². The minimum absolute atomic E-state index is 0.0368. The highest BCUT2D eigenvalue weighted by Gasteiger charge is 2.44. The summed E-state index contributed by atoms with van der Waals surface area (Å²) in [5, 5.41) is 4.03. The first-order chi connectivity index (χ1) is 8.01. The van der Waals surface area contributed by atoms with Crippen LogP contribution in [0.4, 0.5) is 4.79 Å². The molecule has 2 aliphatic rings. The van der Waals surface area contributed by atoms with Crippen molar-refractivity contribution in [2.75, 3.05) is 20.1 Å². The molecule has 1 atom stereocenters. The van der Waals surface area contributed by atoms with Gasteiger partial charge in [0.25, 0.3) is 0 Å². The number of primary amides is 1. The van der Waals surface area contributed by atoms with Crippen LogP contribution in [0.25, 0.3) is 0 Å². The fourth-order valence-electron chi connectivity index (χ4n) is 2.54. The van der Waals surface area contributed by atoms with E-state index in [4.69, 9.17) is 10.5 Å². The highest BCUT2D eigenvalue weighted by atomic mass is 16.5. The molecule has 1 unspecified atom stereocenters. The average molecular weight is 240 g/mol. The van der Waals surface area contributed by atoms with Crippen LogP contribution in [-0.2, 0) is 4.74 Å². The van der Waals surface area contributed by atoms with E-state index in [0.717, 1.165) is 38.1 Å². The van der Waals surface area contributed by atoms with Crippen LogP contribution in [0.3, 0.4) is 0 Å². The molecule has 6 heteroatoms. The van der Waals surface area contributed by atoms with Gasteiger partial charge in [-0.25, -0.2) is 10.2 Å². The summed E-state index contributed by atoms with van der Waals surface area (Å²) in [5.74, 6) is 0. The van der Waals surface area contributed by atoms with Gasteiger partial charge in [-0.1, -0.05) is 0 Å². The van der Waals surface area contributed by atoms with Gasteiger partial charge in [0, 0.05) is 19.5 Å². The normalized spacial score (nSPS) is 30.9. The second-order valence-electron chi connectivity index (χ2n) is 5.00. The van der Waals surface area contributed by atoms with Gasteiger partial charge in [0.15, 0.2) is 0 Å². The largest absolute Gasteiger partial charge is 0.366 e. The second-order valence-corrected chi connectivity index (χ2v) is 5.00. The molecular formula is C11H20N4O2. The Hall–Kier alpha value is -1.14. The van der Waals surface area contributed by atoms with Crippen molar-refractivity contribution in [1.29, 1.82) is 0 Å². The molecular weight excluding hydrogens is 220 g/mol. The highest BCUT2D eigenvalue weighted by Crippen LogP contribution is 2.37. The highest BCUT2D eigenvalue weighted by molar-refractivity contribution is 5.92. The van der Waals surface area contributed by atoms with Gasteiger partial charge in [-0.2, -0.15) is 5.10 Å². The number of ether oxygens (including phenoxy) is 1. The zero-order valence-electron chi connectivity index (χ0n) is 10.4. The number of amides is 2. The van der Waals surface area contributed by atoms with Crippen LogP contribution in [0.5, 0.6) is 0 Å². The average Bonchev–Trinajstić information content (AvgIpc) is 2.58. The molecule has 17 heavy (non-hydrogen) atoms. The monoisotopic (exact) mass is 240 g/mol. The number of rotatable bonds is 1. The zero-order chi connectivity index (χ0) is 12.5. The molecule has 0 aromatic rings. The third kappa shape index (κ3) is 2.76. The standard InChI is InChI=1S/C11H20N4O2/c1-8-9(13-14-10(12)16)7-11(17-8)3-5-15(2)6-4-11/h8H,3-7H2,1-2H3,(H3,12,14,16). The van der Waals surface area contributed by atoms with Crippen LogP contribution >= 0.6 is 0 Å². The maximum absolute atomic E-state index is 10.6. The summed E-state index contributed by atoms with van der Waals surface area (Å²) in [6.07, 6.45) is 2.79. The fourth-order valence-corrected chi connectivity index (χ4v) is 2.54. The van der Waals surface area contributed by atoms with Gasteiger partial charge >= 0.3 is 6.03 Å². The first-order valence-electron chi connectivity index (χ1n) is 5.99. The Balaban J connectivity index is 2.01. The molecule has 3 N–H and O–H groups in total. The molecule has 2 aliphatic heterocycles. The van der Waals surface area contributed by atoms with E-state index in [1.165, 1.54) is 0 Å². The molecule has 0 bridgehead atoms. The Morgan fingerprint density at radius 1 is 1.59 bits per heavy atom. The minimum Gasteiger partial charge on any atom is -0.366 e. The number of piperidine rings is 1. The summed E-state index contributed by atoms with van der Waals surface area (Å²) in [7, 11) is 2.12. The summed E-state index contributed by atoms with van der Waals surface area (Å²) < 4.78 is 6.03. The lowest BCUT2D eigenvalue weighted by atomic mass is 9.88. The molecule has 2 heterocycles. The fraction of sp³-hybridized carbons (Fsp3) is 0.818. The number of hydrogen-bond donors (Lipinski definition) is 2. The smallest absolute Gasteiger partial charge is 0.332 e. The van der Waals surface area contributed by atoms with Crippen molar-refractivity contribution in [2.24, 2.45) is 10.8 Å². The Morgan fingerprint density at radius 3 is 2.82 bits per heavy atom. The van der Waals surface area contributed by atoms with Crippen molar-refractivity contribution in [3.63, 3.8) is 0 Å². The number of carbonyl (C=O) groups is 1. The molecule has 0 aliphatic carbocycles. The van der Waals surface area contributed by atoms with Crippen molar-refractivity contribution >= 4 is 11.7 Å². The second kappa shape index (κ2) is 4.62. The number of hydrogen-bond acceptors (Lipinski definition) is 4. The lowest BCUT2D eigenvalue weighted by Crippen LogP contribution is -2.42. The van der Waals surface area contributed by atoms with E-state index in [0.29, 0.717) is 0 Å². The summed E-state index contributed by atoms with van der Waals surface area (Å²) in [4.78, 5) is 12.9. The number of nitrogens with zero attached hydrogens (tertiary/aromatic N) is 2. The van der Waals surface area contributed by atoms with Gasteiger partial charge < -0.3 is 15.4 Å². The van der Waals surface area contributed by atoms with Gasteiger partial charge in [-0.15, -0.1) is 0 Å². The Kier molecular flexibility index (Phi) is 3.35. The number of urea groups is 1. The van der Waals surface area contributed by atoms with E-state index in [9.17, 15) is 4.79 Å². The predicted molar refractivity (Wildman–Crippen MR) is 64.8 cm³/mol. The zero-order valence-corrected chi connectivity index (χ0v) is 10.4. The number of hydrazone groups is 1. The Morgan fingerprint density at radius 2 is 2.24 bits per heavy atom. The van der Waals surface area contributed by atoms with Crippen molar-refractivity contribution in [3.05, 3.63) is 0 Å². The van der Waals surface area contributed by atoms with Crippen LogP contribution in [0, 0.1) is 0 Å². The minimum atomic E-state index is -0.631. The SMILES string of the molecule is CC1OC2(CCN(C)CC2)CC1=NNC(N)=O. The molecule has 1 spiro atoms. The van der Waals surface area contributed by atoms with E-state index in [2.05, 4.69) is 22.5 Å². The van der Waals surface area contributed by atoms with Crippen LogP contribution in [0.15, 0.2) is 5.10 Å². The third-order valence-corrected chi connectivity index (χ3v) is 3.61. The quantitative estimate of drug-likeness (QED) is 0.646. The molecule has 2 rings (SSSR count). The lowest BCUT2D eigenvalue weighted by Gasteiger charge is -2.36. The molecule has 6 nitrogen and oxygen atoms in total. The number of nitrogens with one attached hydrogen (secondary N) is 1. The van der Waals surface area contributed by atoms with Crippen LogP contribution in [-0.4, -0.2) is 48.5 Å². The molecule has 2 saturated heterocycles. The van der Waals surface area contributed by atoms with Crippen molar-refractivity contribution in [2.45, 2.75) is 37.9 Å². The van der Waals surface area contributed by atoms with Crippen molar-refractivity contribution in [3.8, 4) is 0 Å². The maximum Gasteiger partial charge on any atom is 0.332 e. The van der Waals surface area contributed by atoms with Gasteiger partial charge in [0.2, 0.25) is 0 Å². The van der Waals surface area contributed by atoms with Crippen molar-refractivity contribution < 1.29 is 9.53 Å². The first kappa shape index (κ1) is 12.3. The molecule has 0 radical (unpaired) electrons. The number of carbonyl (C=O) groups excluding carboxylic acids is 1. The first-order valence-corrected chi connectivity index (χ1v) is 5.99. The van der Waals surface area contributed by atoms with Gasteiger partial charge in [0.1, 0.15) is 0 Å². The van der Waals surface area contributed by atoms with E-state index in [-0.39, 0.29) is 11.7 Å². The molecule has 2 amide bonds. The number of nitrogens with two attached hydrogens (primary N) is 1. The Labute approximate surface area is 101 Å². The van der Waals surface area contributed by atoms with E-state index < -0.39 is 6.03 Å². The lowest BCUT2D eigenvalue weighted by molar-refractivity contribution is -0.0656. The Bertz CT molecular complexity index is 334. The van der Waals surface area contributed by atoms with Gasteiger partial charge in [0.05, 0.1) is 17.4 Å². The molecule has 0 aromatic heterocycles. The number of likely N-dealkylation sites (tertiary alicyclic amines) is 1. The van der Waals surface area contributed by atoms with E-state index in [1.54, 1.807) is 0 Å². The predicted octanol–water partition coefficient (Wildman–Crippen LogP) is 0.284. The summed E-state index contributed by atoms with van der Waals surface area (Å²) in [6, 6.07) is -0.631. The molecule has 96 valence electrons. The van der Waals surface area contributed by atoms with Crippen LogP contribution < -0.4 is 11.2 Å². The molecule has 0 saturated carbocycles. The summed E-state index contributed by atoms with van der Waals surface area (Å²) >= 11 is 0. The summed E-state index contributed by atoms with van der Waals surface area (Å²) in [6.45, 7) is 4.06. The third-order valence-electron chi connectivity index (χ3n) is 3.61. The van der Waals surface area contributed by atoms with Gasteiger partial charge in [-0.3, -0.25) is 0 Å². The van der Waals surface area contributed by atoms with Crippen LogP contribution in [0.2, 0.25) is 0 Å². The van der Waals surface area contributed by atoms with E-state index >= 15 is 0 Å². The molecule has 2 fully saturated rings. The topological polar surface area (TPSA) is 79.9 Å². The van der Waals surface area contributed by atoms with E-state index in [1.807, 2.05) is 6.92 Å².